The van der Waals surface area contributed by atoms with Crippen LogP contribution >= 0.6 is 0 Å². The van der Waals surface area contributed by atoms with Gasteiger partial charge in [0.2, 0.25) is 0 Å². The van der Waals surface area contributed by atoms with Crippen molar-refractivity contribution in [2.24, 2.45) is 5.41 Å². The maximum Gasteiger partial charge on any atom is 0.00694 e. The molecule has 1 aliphatic rings. The van der Waals surface area contributed by atoms with Crippen molar-refractivity contribution in [1.82, 2.24) is 5.32 Å². The fourth-order valence-corrected chi connectivity index (χ4v) is 3.60. The van der Waals surface area contributed by atoms with E-state index in [1.807, 2.05) is 0 Å². The summed E-state index contributed by atoms with van der Waals surface area (Å²) in [5.41, 5.74) is 0.574. The molecule has 0 radical (unpaired) electrons. The van der Waals surface area contributed by atoms with Gasteiger partial charge in [0.15, 0.2) is 0 Å². The number of rotatable bonds is 2. The molecule has 0 saturated heterocycles. The van der Waals surface area contributed by atoms with Gasteiger partial charge in [-0.15, -0.1) is 0 Å². The summed E-state index contributed by atoms with van der Waals surface area (Å²) in [6.45, 7) is 9.52. The molecule has 1 N–H and O–H groups in total. The van der Waals surface area contributed by atoms with Gasteiger partial charge in [-0.3, -0.25) is 0 Å². The molecule has 1 atom stereocenters. The van der Waals surface area contributed by atoms with Crippen LogP contribution in [-0.2, 0) is 0 Å². The van der Waals surface area contributed by atoms with Crippen LogP contribution in [0.15, 0.2) is 0 Å². The third kappa shape index (κ3) is 9.00. The van der Waals surface area contributed by atoms with Crippen molar-refractivity contribution in [1.29, 1.82) is 0 Å². The van der Waals surface area contributed by atoms with Gasteiger partial charge in [-0.2, -0.15) is 0 Å². The van der Waals surface area contributed by atoms with Gasteiger partial charge in [-0.1, -0.05) is 79.1 Å². The maximum absolute atomic E-state index is 3.78. The van der Waals surface area contributed by atoms with E-state index in [4.69, 9.17) is 0 Å². The Hall–Kier alpha value is -0.0400. The van der Waals surface area contributed by atoms with Crippen LogP contribution in [0.25, 0.3) is 0 Å². The predicted octanol–water partition coefficient (Wildman–Crippen LogP) is 6.07. The second-order valence-corrected chi connectivity index (χ2v) is 8.09. The van der Waals surface area contributed by atoms with E-state index < -0.39 is 0 Å². The van der Waals surface area contributed by atoms with Gasteiger partial charge in [-0.05, 0) is 31.1 Å². The number of hydrogen-bond donors (Lipinski definition) is 1. The third-order valence-electron chi connectivity index (χ3n) is 4.88. The van der Waals surface area contributed by atoms with Crippen LogP contribution in [0.2, 0.25) is 0 Å². The van der Waals surface area contributed by atoms with Crippen molar-refractivity contribution in [3.05, 3.63) is 0 Å². The topological polar surface area (TPSA) is 12.0 Å². The summed E-state index contributed by atoms with van der Waals surface area (Å²) in [6.07, 6.45) is 17.1. The zero-order valence-electron chi connectivity index (χ0n) is 14.6. The van der Waals surface area contributed by atoms with Crippen LogP contribution in [0.3, 0.4) is 0 Å². The molecule has 1 heteroatoms. The molecule has 0 aromatic heterocycles. The molecule has 0 bridgehead atoms. The Morgan fingerprint density at radius 2 is 1.20 bits per heavy atom. The Labute approximate surface area is 128 Å². The van der Waals surface area contributed by atoms with E-state index in [-0.39, 0.29) is 0 Å². The van der Waals surface area contributed by atoms with Crippen molar-refractivity contribution >= 4 is 0 Å². The monoisotopic (exact) mass is 281 g/mol. The minimum Gasteiger partial charge on any atom is -0.312 e. The maximum atomic E-state index is 3.78. The summed E-state index contributed by atoms with van der Waals surface area (Å²) >= 11 is 0. The Morgan fingerprint density at radius 1 is 0.750 bits per heavy atom. The summed E-state index contributed by atoms with van der Waals surface area (Å²) in [6, 6.07) is 1.40. The molecule has 0 aliphatic heterocycles. The lowest BCUT2D eigenvalue weighted by atomic mass is 9.81. The standard InChI is InChI=1S/C19H39N/c1-17(2)20-18-13-9-7-5-6-8-11-15-19(3,4)16-12-10-14-18/h17-18,20H,5-16H2,1-4H3. The summed E-state index contributed by atoms with van der Waals surface area (Å²) in [5.74, 6) is 0. The quantitative estimate of drug-likeness (QED) is 0.647. The average Bonchev–Trinajstić information content (AvgIpc) is 2.36. The molecule has 1 unspecified atom stereocenters. The molecule has 1 fully saturated rings. The highest BCUT2D eigenvalue weighted by Gasteiger charge is 2.17. The zero-order valence-corrected chi connectivity index (χ0v) is 14.6. The van der Waals surface area contributed by atoms with Gasteiger partial charge < -0.3 is 5.32 Å². The van der Waals surface area contributed by atoms with E-state index in [2.05, 4.69) is 33.0 Å². The van der Waals surface area contributed by atoms with Gasteiger partial charge >= 0.3 is 0 Å². The summed E-state index contributed by atoms with van der Waals surface area (Å²) < 4.78 is 0. The van der Waals surface area contributed by atoms with E-state index in [1.165, 1.54) is 77.0 Å². The Balaban J connectivity index is 2.40. The van der Waals surface area contributed by atoms with Crippen LogP contribution in [0.1, 0.15) is 105 Å². The zero-order chi connectivity index (χ0) is 14.8. The van der Waals surface area contributed by atoms with Crippen LogP contribution in [0, 0.1) is 5.41 Å². The molecule has 20 heavy (non-hydrogen) atoms. The summed E-state index contributed by atoms with van der Waals surface area (Å²) in [7, 11) is 0. The molecule has 1 rings (SSSR count). The van der Waals surface area contributed by atoms with Gasteiger partial charge in [0.05, 0.1) is 0 Å². The highest BCUT2D eigenvalue weighted by Crippen LogP contribution is 2.31. The van der Waals surface area contributed by atoms with E-state index in [0.29, 0.717) is 11.5 Å². The van der Waals surface area contributed by atoms with Crippen molar-refractivity contribution in [3.63, 3.8) is 0 Å². The van der Waals surface area contributed by atoms with Gasteiger partial charge in [0.25, 0.3) is 0 Å². The van der Waals surface area contributed by atoms with Gasteiger partial charge in [-0.25, -0.2) is 0 Å². The highest BCUT2D eigenvalue weighted by molar-refractivity contribution is 4.73. The van der Waals surface area contributed by atoms with Crippen molar-refractivity contribution in [2.75, 3.05) is 0 Å². The summed E-state index contributed by atoms with van der Waals surface area (Å²) in [5, 5.41) is 3.78. The van der Waals surface area contributed by atoms with Crippen LogP contribution in [0.5, 0.6) is 0 Å². The molecule has 0 amide bonds. The molecule has 0 aromatic carbocycles. The van der Waals surface area contributed by atoms with Crippen molar-refractivity contribution < 1.29 is 0 Å². The van der Waals surface area contributed by atoms with Gasteiger partial charge in [0, 0.05) is 12.1 Å². The largest absolute Gasteiger partial charge is 0.312 e. The molecule has 0 heterocycles. The lowest BCUT2D eigenvalue weighted by Gasteiger charge is -2.26. The first-order valence-corrected chi connectivity index (χ1v) is 9.26. The first-order valence-electron chi connectivity index (χ1n) is 9.26. The Bertz CT molecular complexity index is 232. The second-order valence-electron chi connectivity index (χ2n) is 8.09. The van der Waals surface area contributed by atoms with Crippen molar-refractivity contribution in [3.8, 4) is 0 Å². The lowest BCUT2D eigenvalue weighted by molar-refractivity contribution is 0.275. The first kappa shape index (κ1) is 18.0. The highest BCUT2D eigenvalue weighted by atomic mass is 14.9. The Kier molecular flexibility index (Phi) is 8.84. The molecule has 1 nitrogen and oxygen atoms in total. The minimum atomic E-state index is 0.574. The number of nitrogens with one attached hydrogen (secondary N) is 1. The fourth-order valence-electron chi connectivity index (χ4n) is 3.60. The first-order chi connectivity index (χ1) is 9.49. The molecule has 0 spiro atoms. The number of hydrogen-bond acceptors (Lipinski definition) is 1. The van der Waals surface area contributed by atoms with Gasteiger partial charge in [0.1, 0.15) is 0 Å². The average molecular weight is 282 g/mol. The van der Waals surface area contributed by atoms with Crippen LogP contribution in [-0.4, -0.2) is 12.1 Å². The molecule has 1 saturated carbocycles. The summed E-state index contributed by atoms with van der Waals surface area (Å²) in [4.78, 5) is 0. The molecular formula is C19H39N. The lowest BCUT2D eigenvalue weighted by Crippen LogP contribution is -2.34. The smallest absolute Gasteiger partial charge is 0.00694 e. The van der Waals surface area contributed by atoms with Crippen molar-refractivity contribution in [2.45, 2.75) is 117 Å². The third-order valence-corrected chi connectivity index (χ3v) is 4.88. The van der Waals surface area contributed by atoms with Crippen LogP contribution < -0.4 is 5.32 Å². The Morgan fingerprint density at radius 3 is 1.80 bits per heavy atom. The molecule has 0 aromatic rings. The normalized spacial score (nSPS) is 27.1. The SMILES string of the molecule is CC(C)NC1CCCCCCCCC(C)(C)CCCC1. The minimum absolute atomic E-state index is 0.574. The second kappa shape index (κ2) is 9.82. The van der Waals surface area contributed by atoms with Crippen LogP contribution in [0.4, 0.5) is 0 Å². The molecule has 120 valence electrons. The molecular weight excluding hydrogens is 242 g/mol. The molecule has 1 aliphatic carbocycles. The van der Waals surface area contributed by atoms with E-state index >= 15 is 0 Å². The van der Waals surface area contributed by atoms with E-state index in [9.17, 15) is 0 Å². The van der Waals surface area contributed by atoms with E-state index in [0.717, 1.165) is 6.04 Å². The fraction of sp³-hybridized carbons (Fsp3) is 1.00. The predicted molar refractivity (Wildman–Crippen MR) is 91.2 cm³/mol. The van der Waals surface area contributed by atoms with E-state index in [1.54, 1.807) is 0 Å².